The Hall–Kier alpha value is -1.39. The summed E-state index contributed by atoms with van der Waals surface area (Å²) in [6.07, 6.45) is 2.60. The molecule has 0 bridgehead atoms. The molecule has 0 spiro atoms. The molecule has 0 saturated heterocycles. The first kappa shape index (κ1) is 14.7. The minimum atomic E-state index is -1.15. The number of esters is 2. The Bertz CT molecular complexity index is 339. The number of ether oxygens (including phenoxy) is 2. The van der Waals surface area contributed by atoms with Crippen LogP contribution < -0.4 is 0 Å². The maximum Gasteiger partial charge on any atom is 0.319 e. The third kappa shape index (κ3) is 2.71. The average Bonchev–Trinajstić information content (AvgIpc) is 2.39. The molecule has 1 rings (SSSR count). The second-order valence-corrected chi connectivity index (χ2v) is 4.83. The van der Waals surface area contributed by atoms with Crippen LogP contribution in [0.15, 0.2) is 0 Å². The predicted octanol–water partition coefficient (Wildman–Crippen LogP) is 1.49. The maximum absolute atomic E-state index is 12.1. The summed E-state index contributed by atoms with van der Waals surface area (Å²) in [5.74, 6) is -1.54. The normalized spacial score (nSPS) is 25.4. The van der Waals surface area contributed by atoms with E-state index in [4.69, 9.17) is 4.74 Å². The molecule has 5 nitrogen and oxygen atoms in total. The van der Waals surface area contributed by atoms with Crippen molar-refractivity contribution in [3.63, 3.8) is 0 Å². The first-order valence-corrected chi connectivity index (χ1v) is 6.17. The SMILES string of the molecule is COC(=O)[C@H](C)C[C@]1(C(=O)OC)CCCCC1=O. The van der Waals surface area contributed by atoms with Crippen molar-refractivity contribution in [1.29, 1.82) is 0 Å². The highest BCUT2D eigenvalue weighted by atomic mass is 16.5. The summed E-state index contributed by atoms with van der Waals surface area (Å²) in [5.41, 5.74) is -1.15. The van der Waals surface area contributed by atoms with E-state index in [1.807, 2.05) is 0 Å². The van der Waals surface area contributed by atoms with Crippen molar-refractivity contribution in [2.75, 3.05) is 14.2 Å². The van der Waals surface area contributed by atoms with Crippen molar-refractivity contribution in [2.45, 2.75) is 39.0 Å². The summed E-state index contributed by atoms with van der Waals surface area (Å²) in [7, 11) is 2.57. The zero-order valence-corrected chi connectivity index (χ0v) is 11.2. The van der Waals surface area contributed by atoms with Crippen LogP contribution in [0.2, 0.25) is 0 Å². The second-order valence-electron chi connectivity index (χ2n) is 4.83. The van der Waals surface area contributed by atoms with Gasteiger partial charge in [-0.1, -0.05) is 13.3 Å². The molecule has 1 saturated carbocycles. The summed E-state index contributed by atoms with van der Waals surface area (Å²) >= 11 is 0. The lowest BCUT2D eigenvalue weighted by Crippen LogP contribution is -2.44. The lowest BCUT2D eigenvalue weighted by Gasteiger charge is -2.34. The smallest absolute Gasteiger partial charge is 0.319 e. The topological polar surface area (TPSA) is 69.7 Å². The molecular weight excluding hydrogens is 236 g/mol. The highest BCUT2D eigenvalue weighted by Gasteiger charge is 2.49. The molecule has 0 unspecified atom stereocenters. The van der Waals surface area contributed by atoms with E-state index in [-0.39, 0.29) is 12.2 Å². The molecular formula is C13H20O5. The van der Waals surface area contributed by atoms with Crippen LogP contribution in [-0.4, -0.2) is 31.9 Å². The van der Waals surface area contributed by atoms with E-state index >= 15 is 0 Å². The fraction of sp³-hybridized carbons (Fsp3) is 0.769. The zero-order chi connectivity index (χ0) is 13.8. The number of methoxy groups -OCH3 is 2. The minimum absolute atomic E-state index is 0.114. The summed E-state index contributed by atoms with van der Waals surface area (Å²) < 4.78 is 9.41. The second kappa shape index (κ2) is 5.98. The Morgan fingerprint density at radius 3 is 2.44 bits per heavy atom. The molecule has 1 fully saturated rings. The van der Waals surface area contributed by atoms with Crippen molar-refractivity contribution < 1.29 is 23.9 Å². The highest BCUT2D eigenvalue weighted by molar-refractivity contribution is 6.04. The summed E-state index contributed by atoms with van der Waals surface area (Å²) in [4.78, 5) is 35.5. The largest absolute Gasteiger partial charge is 0.469 e. The van der Waals surface area contributed by atoms with Gasteiger partial charge in [-0.05, 0) is 19.3 Å². The number of rotatable bonds is 4. The Morgan fingerprint density at radius 1 is 1.28 bits per heavy atom. The van der Waals surface area contributed by atoms with E-state index < -0.39 is 23.3 Å². The fourth-order valence-electron chi connectivity index (χ4n) is 2.61. The number of ketones is 1. The van der Waals surface area contributed by atoms with Crippen molar-refractivity contribution in [3.8, 4) is 0 Å². The van der Waals surface area contributed by atoms with Gasteiger partial charge in [0, 0.05) is 6.42 Å². The van der Waals surface area contributed by atoms with E-state index in [2.05, 4.69) is 4.74 Å². The van der Waals surface area contributed by atoms with Gasteiger partial charge in [0.1, 0.15) is 11.2 Å². The Kier molecular flexibility index (Phi) is 4.87. The average molecular weight is 256 g/mol. The van der Waals surface area contributed by atoms with Crippen LogP contribution in [-0.2, 0) is 23.9 Å². The van der Waals surface area contributed by atoms with Crippen LogP contribution in [0.25, 0.3) is 0 Å². The molecule has 0 radical (unpaired) electrons. The molecule has 0 aromatic carbocycles. The predicted molar refractivity (Wildman–Crippen MR) is 63.7 cm³/mol. The first-order valence-electron chi connectivity index (χ1n) is 6.17. The quantitative estimate of drug-likeness (QED) is 0.563. The Balaban J connectivity index is 2.94. The van der Waals surface area contributed by atoms with E-state index in [9.17, 15) is 14.4 Å². The summed E-state index contributed by atoms with van der Waals surface area (Å²) in [5, 5.41) is 0. The standard InChI is InChI=1S/C13H20O5/c1-9(11(15)17-2)8-13(12(16)18-3)7-5-4-6-10(13)14/h9H,4-8H2,1-3H3/t9-,13-/m1/s1. The maximum atomic E-state index is 12.1. The molecule has 18 heavy (non-hydrogen) atoms. The highest BCUT2D eigenvalue weighted by Crippen LogP contribution is 2.40. The summed E-state index contributed by atoms with van der Waals surface area (Å²) in [6, 6.07) is 0. The molecule has 0 N–H and O–H groups in total. The first-order chi connectivity index (χ1) is 8.47. The fourth-order valence-corrected chi connectivity index (χ4v) is 2.61. The van der Waals surface area contributed by atoms with Gasteiger partial charge >= 0.3 is 11.9 Å². The van der Waals surface area contributed by atoms with Crippen LogP contribution in [0.4, 0.5) is 0 Å². The van der Waals surface area contributed by atoms with Gasteiger partial charge in [0.15, 0.2) is 0 Å². The van der Waals surface area contributed by atoms with Crippen LogP contribution in [0.3, 0.4) is 0 Å². The number of carbonyl (C=O) groups is 3. The lowest BCUT2D eigenvalue weighted by atomic mass is 9.68. The van der Waals surface area contributed by atoms with Gasteiger partial charge in [0.2, 0.25) is 0 Å². The number of hydrogen-bond acceptors (Lipinski definition) is 5. The minimum Gasteiger partial charge on any atom is -0.469 e. The molecule has 1 aliphatic carbocycles. The number of Topliss-reactive ketones (excluding diaryl/α,β-unsaturated/α-hetero) is 1. The molecule has 1 aliphatic rings. The van der Waals surface area contributed by atoms with Crippen molar-refractivity contribution in [2.24, 2.45) is 11.3 Å². The van der Waals surface area contributed by atoms with Gasteiger partial charge in [-0.25, -0.2) is 0 Å². The lowest BCUT2D eigenvalue weighted by molar-refractivity contribution is -0.163. The monoisotopic (exact) mass is 256 g/mol. The van der Waals surface area contributed by atoms with E-state index in [0.29, 0.717) is 12.8 Å². The van der Waals surface area contributed by atoms with Crippen LogP contribution >= 0.6 is 0 Å². The van der Waals surface area contributed by atoms with Gasteiger partial charge in [-0.15, -0.1) is 0 Å². The van der Waals surface area contributed by atoms with Crippen LogP contribution in [0.1, 0.15) is 39.0 Å². The molecule has 0 aromatic heterocycles. The van der Waals surface area contributed by atoms with Crippen molar-refractivity contribution in [3.05, 3.63) is 0 Å². The van der Waals surface area contributed by atoms with Crippen LogP contribution in [0.5, 0.6) is 0 Å². The number of carbonyl (C=O) groups excluding carboxylic acids is 3. The van der Waals surface area contributed by atoms with E-state index in [0.717, 1.165) is 12.8 Å². The van der Waals surface area contributed by atoms with Gasteiger partial charge in [0.05, 0.1) is 20.1 Å². The van der Waals surface area contributed by atoms with Gasteiger partial charge in [-0.2, -0.15) is 0 Å². The zero-order valence-electron chi connectivity index (χ0n) is 11.2. The third-order valence-corrected chi connectivity index (χ3v) is 3.63. The molecule has 0 aromatic rings. The van der Waals surface area contributed by atoms with Gasteiger partial charge in [-0.3, -0.25) is 14.4 Å². The molecule has 102 valence electrons. The van der Waals surface area contributed by atoms with E-state index in [1.165, 1.54) is 14.2 Å². The molecule has 0 amide bonds. The van der Waals surface area contributed by atoms with Gasteiger partial charge < -0.3 is 9.47 Å². The Morgan fingerprint density at radius 2 is 1.94 bits per heavy atom. The summed E-state index contributed by atoms with van der Waals surface area (Å²) in [6.45, 7) is 1.67. The molecule has 0 heterocycles. The molecule has 2 atom stereocenters. The van der Waals surface area contributed by atoms with Crippen molar-refractivity contribution >= 4 is 17.7 Å². The number of hydrogen-bond donors (Lipinski definition) is 0. The Labute approximate surface area is 107 Å². The molecule has 0 aliphatic heterocycles. The van der Waals surface area contributed by atoms with Gasteiger partial charge in [0.25, 0.3) is 0 Å². The third-order valence-electron chi connectivity index (χ3n) is 3.63. The van der Waals surface area contributed by atoms with Crippen LogP contribution in [0, 0.1) is 11.3 Å². The van der Waals surface area contributed by atoms with E-state index in [1.54, 1.807) is 6.92 Å². The molecule has 5 heteroatoms. The van der Waals surface area contributed by atoms with Crippen molar-refractivity contribution in [1.82, 2.24) is 0 Å².